The molecule has 0 amide bonds. The second kappa shape index (κ2) is 13.9. The number of ether oxygens (including phenoxy) is 2. The van der Waals surface area contributed by atoms with Crippen LogP contribution in [0, 0.1) is 13.8 Å². The van der Waals surface area contributed by atoms with Gasteiger partial charge in [0.25, 0.3) is 11.1 Å². The summed E-state index contributed by atoms with van der Waals surface area (Å²) < 4.78 is 14.1. The Morgan fingerprint density at radius 2 is 1.29 bits per heavy atom. The summed E-state index contributed by atoms with van der Waals surface area (Å²) in [6.45, 7) is 6.82. The Morgan fingerprint density at radius 1 is 0.729 bits per heavy atom. The van der Waals surface area contributed by atoms with Crippen molar-refractivity contribution in [3.05, 3.63) is 133 Å². The van der Waals surface area contributed by atoms with Crippen LogP contribution >= 0.6 is 0 Å². The minimum atomic E-state index is -0.168. The monoisotopic (exact) mass is 646 g/mol. The number of aryl methyl sites for hydroxylation is 2. The zero-order valence-electron chi connectivity index (χ0n) is 27.1. The normalized spacial score (nSPS) is 15.3. The van der Waals surface area contributed by atoms with Crippen molar-refractivity contribution in [2.24, 2.45) is 0 Å². The Balaban J connectivity index is 0.000000152. The van der Waals surface area contributed by atoms with E-state index in [4.69, 9.17) is 9.47 Å². The van der Waals surface area contributed by atoms with Gasteiger partial charge in [0.15, 0.2) is 16.9 Å². The first-order chi connectivity index (χ1) is 23.4. The molecule has 246 valence electrons. The molecule has 0 spiro atoms. The summed E-state index contributed by atoms with van der Waals surface area (Å²) in [5, 5.41) is 9.25. The molecule has 1 fully saturated rings. The van der Waals surface area contributed by atoms with Gasteiger partial charge in [0, 0.05) is 32.0 Å². The number of aromatic nitrogens is 8. The highest BCUT2D eigenvalue weighted by Gasteiger charge is 2.22. The smallest absolute Gasteiger partial charge is 0.276 e. The SMILES string of the molecule is Cc1ccc(Cc2nn3c(C4=CCOCC4)ncc3c(=O)[nH]2)cc1.Cc1ccc(Cc2nn3c(C4CCOCC4)ncc3c(=O)[nH]2)cc1. The fourth-order valence-corrected chi connectivity index (χ4v) is 6.04. The van der Waals surface area contributed by atoms with Gasteiger partial charge >= 0.3 is 0 Å². The number of nitrogens with one attached hydrogen (secondary N) is 2. The number of imidazole rings is 2. The van der Waals surface area contributed by atoms with Crippen LogP contribution in [-0.2, 0) is 22.3 Å². The Labute approximate surface area is 276 Å². The molecule has 6 aromatic rings. The lowest BCUT2D eigenvalue weighted by molar-refractivity contribution is 0.0832. The Morgan fingerprint density at radius 3 is 1.88 bits per heavy atom. The average Bonchev–Trinajstić information content (AvgIpc) is 3.74. The highest BCUT2D eigenvalue weighted by atomic mass is 16.5. The third-order valence-corrected chi connectivity index (χ3v) is 8.75. The lowest BCUT2D eigenvalue weighted by Crippen LogP contribution is -2.20. The molecule has 12 nitrogen and oxygen atoms in total. The zero-order chi connectivity index (χ0) is 33.0. The first-order valence-electron chi connectivity index (χ1n) is 16.3. The van der Waals surface area contributed by atoms with Gasteiger partial charge in [-0.2, -0.15) is 10.2 Å². The number of rotatable bonds is 6. The standard InChI is InChI=1S/C18H20N4O2.C18H18N4O2/c2*1-12-2-4-13(5-3-12)10-16-20-18(23)15-11-19-17(22(15)21-16)14-6-8-24-9-7-14/h2-5,11,14H,6-10H2,1H3,(H,20,21,23);2-6,11H,7-10H2,1H3,(H,20,21,23). The summed E-state index contributed by atoms with van der Waals surface area (Å²) in [5.41, 5.74) is 6.38. The molecule has 12 heteroatoms. The molecule has 2 aliphatic heterocycles. The van der Waals surface area contributed by atoms with Gasteiger partial charge in [0.05, 0.1) is 25.6 Å². The molecular formula is C36H38N8O4. The van der Waals surface area contributed by atoms with Crippen LogP contribution in [0.3, 0.4) is 0 Å². The van der Waals surface area contributed by atoms with Crippen LogP contribution in [0.25, 0.3) is 16.6 Å². The maximum absolute atomic E-state index is 12.4. The highest BCUT2D eigenvalue weighted by Crippen LogP contribution is 2.25. The van der Waals surface area contributed by atoms with Crippen molar-refractivity contribution >= 4 is 16.6 Å². The van der Waals surface area contributed by atoms with Crippen molar-refractivity contribution < 1.29 is 9.47 Å². The molecule has 8 rings (SSSR count). The second-order valence-corrected chi connectivity index (χ2v) is 12.4. The van der Waals surface area contributed by atoms with Crippen LogP contribution < -0.4 is 11.1 Å². The lowest BCUT2D eigenvalue weighted by atomic mass is 10.00. The minimum Gasteiger partial charge on any atom is -0.381 e. The topological polar surface area (TPSA) is 145 Å². The van der Waals surface area contributed by atoms with Crippen LogP contribution in [0.5, 0.6) is 0 Å². The molecule has 2 N–H and O–H groups in total. The molecule has 0 radical (unpaired) electrons. The van der Waals surface area contributed by atoms with E-state index >= 15 is 0 Å². The summed E-state index contributed by atoms with van der Waals surface area (Å²) in [4.78, 5) is 39.3. The van der Waals surface area contributed by atoms with Crippen LogP contribution in [0.15, 0.2) is 76.6 Å². The number of H-pyrrole nitrogens is 2. The Kier molecular flexibility index (Phi) is 9.08. The fraction of sp³-hybridized carbons (Fsp3) is 0.333. The van der Waals surface area contributed by atoms with Gasteiger partial charge in [-0.1, -0.05) is 65.7 Å². The summed E-state index contributed by atoms with van der Waals surface area (Å²) >= 11 is 0. The van der Waals surface area contributed by atoms with Crippen LogP contribution in [0.1, 0.15) is 70.7 Å². The third kappa shape index (κ3) is 6.90. The summed E-state index contributed by atoms with van der Waals surface area (Å²) in [6.07, 6.45) is 8.98. The van der Waals surface area contributed by atoms with Gasteiger partial charge in [-0.25, -0.2) is 19.0 Å². The van der Waals surface area contributed by atoms with Gasteiger partial charge in [-0.15, -0.1) is 0 Å². The van der Waals surface area contributed by atoms with E-state index < -0.39 is 0 Å². The number of fused-ring (bicyclic) bond motifs is 2. The summed E-state index contributed by atoms with van der Waals surface area (Å²) in [7, 11) is 0. The number of nitrogens with zero attached hydrogens (tertiary/aromatic N) is 6. The Bertz CT molecular complexity index is 2190. The molecule has 48 heavy (non-hydrogen) atoms. The van der Waals surface area contributed by atoms with E-state index in [0.29, 0.717) is 54.7 Å². The van der Waals surface area contributed by atoms with Gasteiger partial charge in [0.2, 0.25) is 0 Å². The van der Waals surface area contributed by atoms with E-state index in [-0.39, 0.29) is 11.1 Å². The van der Waals surface area contributed by atoms with Crippen LogP contribution in [0.2, 0.25) is 0 Å². The summed E-state index contributed by atoms with van der Waals surface area (Å²) in [5.74, 6) is 3.17. The highest BCUT2D eigenvalue weighted by molar-refractivity contribution is 5.64. The van der Waals surface area contributed by atoms with E-state index in [0.717, 1.165) is 60.8 Å². The van der Waals surface area contributed by atoms with Gasteiger partial charge in [0.1, 0.15) is 17.5 Å². The first kappa shape index (κ1) is 31.4. The van der Waals surface area contributed by atoms with E-state index in [1.54, 1.807) is 21.4 Å². The molecule has 0 aliphatic carbocycles. The van der Waals surface area contributed by atoms with Crippen LogP contribution in [-0.4, -0.2) is 65.6 Å². The largest absolute Gasteiger partial charge is 0.381 e. The molecule has 4 aromatic heterocycles. The van der Waals surface area contributed by atoms with E-state index in [1.807, 2.05) is 6.08 Å². The molecule has 6 heterocycles. The first-order valence-corrected chi connectivity index (χ1v) is 16.3. The maximum Gasteiger partial charge on any atom is 0.276 e. The zero-order valence-corrected chi connectivity index (χ0v) is 27.1. The fourth-order valence-electron chi connectivity index (χ4n) is 6.04. The van der Waals surface area contributed by atoms with Crippen molar-refractivity contribution in [3.63, 3.8) is 0 Å². The molecule has 0 unspecified atom stereocenters. The molecule has 2 aromatic carbocycles. The van der Waals surface area contributed by atoms with Crippen molar-refractivity contribution in [2.75, 3.05) is 26.4 Å². The predicted octanol–water partition coefficient (Wildman–Crippen LogP) is 4.33. The molecule has 0 bridgehead atoms. The van der Waals surface area contributed by atoms with Crippen molar-refractivity contribution in [1.29, 1.82) is 0 Å². The van der Waals surface area contributed by atoms with Gasteiger partial charge in [-0.05, 0) is 49.8 Å². The lowest BCUT2D eigenvalue weighted by Gasteiger charge is -2.20. The molecule has 0 saturated carbocycles. The van der Waals surface area contributed by atoms with E-state index in [9.17, 15) is 9.59 Å². The van der Waals surface area contributed by atoms with Crippen LogP contribution in [0.4, 0.5) is 0 Å². The number of hydrogen-bond acceptors (Lipinski definition) is 8. The summed E-state index contributed by atoms with van der Waals surface area (Å²) in [6, 6.07) is 16.5. The molecular weight excluding hydrogens is 608 g/mol. The second-order valence-electron chi connectivity index (χ2n) is 12.4. The minimum absolute atomic E-state index is 0.141. The Hall–Kier alpha value is -5.20. The average molecular weight is 647 g/mol. The van der Waals surface area contributed by atoms with E-state index in [1.165, 1.54) is 11.1 Å². The molecule has 0 atom stereocenters. The van der Waals surface area contributed by atoms with Crippen molar-refractivity contribution in [2.45, 2.75) is 51.9 Å². The van der Waals surface area contributed by atoms with E-state index in [2.05, 4.69) is 92.5 Å². The third-order valence-electron chi connectivity index (χ3n) is 8.75. The van der Waals surface area contributed by atoms with Gasteiger partial charge < -0.3 is 19.4 Å². The molecule has 2 aliphatic rings. The quantitative estimate of drug-likeness (QED) is 0.272. The number of hydrogen-bond donors (Lipinski definition) is 2. The molecule has 1 saturated heterocycles. The van der Waals surface area contributed by atoms with Crippen molar-refractivity contribution in [1.82, 2.24) is 39.2 Å². The van der Waals surface area contributed by atoms with Gasteiger partial charge in [-0.3, -0.25) is 9.59 Å². The number of aromatic amines is 2. The predicted molar refractivity (Wildman–Crippen MR) is 181 cm³/mol. The maximum atomic E-state index is 12.4. The van der Waals surface area contributed by atoms with Crippen molar-refractivity contribution in [3.8, 4) is 0 Å². The number of benzene rings is 2.